The number of rotatable bonds is 4. The number of nitrogens with zero attached hydrogens (tertiary/aromatic N) is 2. The van der Waals surface area contributed by atoms with Crippen molar-refractivity contribution in [1.82, 2.24) is 14.5 Å². The molecule has 2 fully saturated rings. The largest absolute Gasteiger partial charge is 0.274 e. The van der Waals surface area contributed by atoms with Gasteiger partial charge in [0.25, 0.3) is 0 Å². The number of hydrogen-bond donors (Lipinski definition) is 1. The molecule has 5 nitrogen and oxygen atoms in total. The van der Waals surface area contributed by atoms with Crippen molar-refractivity contribution in [3.63, 3.8) is 0 Å². The van der Waals surface area contributed by atoms with Gasteiger partial charge in [0.2, 0.25) is 10.0 Å². The van der Waals surface area contributed by atoms with E-state index in [-0.39, 0.29) is 10.9 Å². The fourth-order valence-corrected chi connectivity index (χ4v) is 5.12. The molecule has 3 rings (SSSR count). The average Bonchev–Trinajstić information content (AvgIpc) is 3.02. The van der Waals surface area contributed by atoms with Crippen LogP contribution in [0, 0.1) is 17.8 Å². The standard InChI is InChI=1S/C13H21N3O2S/c1-9(13-6-10-3-4-11(13)5-10)15-19(17,18)12-7-14-16(2)8-12/h7-11,13,15H,3-6H2,1-2H3/t9-,10+,11+,13+/m1/s1. The van der Waals surface area contributed by atoms with Gasteiger partial charge in [-0.3, -0.25) is 4.68 Å². The maximum atomic E-state index is 12.3. The Bertz CT molecular complexity index is 566. The lowest BCUT2D eigenvalue weighted by atomic mass is 9.84. The van der Waals surface area contributed by atoms with Crippen LogP contribution < -0.4 is 4.72 Å². The topological polar surface area (TPSA) is 64.0 Å². The lowest BCUT2D eigenvalue weighted by Gasteiger charge is -2.28. The van der Waals surface area contributed by atoms with E-state index in [1.165, 1.54) is 42.8 Å². The summed E-state index contributed by atoms with van der Waals surface area (Å²) in [6, 6.07) is 0.0144. The van der Waals surface area contributed by atoms with E-state index in [2.05, 4.69) is 9.82 Å². The Balaban J connectivity index is 1.71. The van der Waals surface area contributed by atoms with Crippen LogP contribution in [-0.2, 0) is 17.1 Å². The zero-order chi connectivity index (χ0) is 13.6. The van der Waals surface area contributed by atoms with Gasteiger partial charge in [-0.25, -0.2) is 13.1 Å². The van der Waals surface area contributed by atoms with E-state index in [1.807, 2.05) is 6.92 Å². The molecule has 6 heteroatoms. The summed E-state index contributed by atoms with van der Waals surface area (Å²) in [5.41, 5.74) is 0. The molecule has 0 unspecified atom stereocenters. The fraction of sp³-hybridized carbons (Fsp3) is 0.769. The average molecular weight is 283 g/mol. The third-order valence-corrected chi connectivity index (χ3v) is 6.28. The first kappa shape index (κ1) is 13.1. The molecule has 4 atom stereocenters. The fourth-order valence-electron chi connectivity index (χ4n) is 3.84. The van der Waals surface area contributed by atoms with E-state index in [0.717, 1.165) is 11.8 Å². The van der Waals surface area contributed by atoms with Crippen molar-refractivity contribution < 1.29 is 8.42 Å². The van der Waals surface area contributed by atoms with Crippen LogP contribution >= 0.6 is 0 Å². The molecule has 1 aromatic heterocycles. The van der Waals surface area contributed by atoms with Crippen molar-refractivity contribution in [3.05, 3.63) is 12.4 Å². The zero-order valence-electron chi connectivity index (χ0n) is 11.4. The highest BCUT2D eigenvalue weighted by Crippen LogP contribution is 2.49. The van der Waals surface area contributed by atoms with Gasteiger partial charge in [-0.05, 0) is 43.9 Å². The van der Waals surface area contributed by atoms with Gasteiger partial charge < -0.3 is 0 Å². The molecular weight excluding hydrogens is 262 g/mol. The van der Waals surface area contributed by atoms with Crippen molar-refractivity contribution in [2.45, 2.75) is 43.5 Å². The molecule has 19 heavy (non-hydrogen) atoms. The second kappa shape index (κ2) is 4.59. The Morgan fingerprint density at radius 3 is 2.74 bits per heavy atom. The Morgan fingerprint density at radius 2 is 2.21 bits per heavy atom. The van der Waals surface area contributed by atoms with Gasteiger partial charge in [0.05, 0.1) is 6.20 Å². The molecule has 0 saturated heterocycles. The second-order valence-electron chi connectivity index (χ2n) is 6.10. The monoisotopic (exact) mass is 283 g/mol. The normalized spacial score (nSPS) is 31.8. The van der Waals surface area contributed by atoms with E-state index in [9.17, 15) is 8.42 Å². The zero-order valence-corrected chi connectivity index (χ0v) is 12.2. The number of aromatic nitrogens is 2. The van der Waals surface area contributed by atoms with Crippen molar-refractivity contribution in [1.29, 1.82) is 0 Å². The van der Waals surface area contributed by atoms with Crippen molar-refractivity contribution in [2.75, 3.05) is 0 Å². The molecule has 2 aliphatic rings. The van der Waals surface area contributed by atoms with Gasteiger partial charge in [0.15, 0.2) is 0 Å². The summed E-state index contributed by atoms with van der Waals surface area (Å²) in [6.07, 6.45) is 8.02. The van der Waals surface area contributed by atoms with Crippen LogP contribution in [0.4, 0.5) is 0 Å². The summed E-state index contributed by atoms with van der Waals surface area (Å²) in [6.45, 7) is 2.00. The molecule has 1 heterocycles. The summed E-state index contributed by atoms with van der Waals surface area (Å²) in [5, 5.41) is 3.92. The highest BCUT2D eigenvalue weighted by Gasteiger charge is 2.42. The highest BCUT2D eigenvalue weighted by atomic mass is 32.2. The van der Waals surface area contributed by atoms with Crippen LogP contribution in [-0.4, -0.2) is 24.2 Å². The minimum atomic E-state index is -3.43. The summed E-state index contributed by atoms with van der Waals surface area (Å²) >= 11 is 0. The van der Waals surface area contributed by atoms with E-state index < -0.39 is 10.0 Å². The quantitative estimate of drug-likeness (QED) is 0.911. The summed E-state index contributed by atoms with van der Waals surface area (Å²) in [4.78, 5) is 0.255. The van der Waals surface area contributed by atoms with Gasteiger partial charge in [-0.15, -0.1) is 0 Å². The van der Waals surface area contributed by atoms with Gasteiger partial charge in [-0.2, -0.15) is 5.10 Å². The minimum Gasteiger partial charge on any atom is -0.274 e. The van der Waals surface area contributed by atoms with Crippen LogP contribution in [0.15, 0.2) is 17.3 Å². The van der Waals surface area contributed by atoms with Crippen molar-refractivity contribution in [2.24, 2.45) is 24.8 Å². The Morgan fingerprint density at radius 1 is 1.42 bits per heavy atom. The molecule has 2 aliphatic carbocycles. The molecule has 1 N–H and O–H groups in total. The predicted molar refractivity (Wildman–Crippen MR) is 71.9 cm³/mol. The molecule has 1 aromatic rings. The molecule has 2 bridgehead atoms. The molecule has 106 valence electrons. The van der Waals surface area contributed by atoms with E-state index >= 15 is 0 Å². The lowest BCUT2D eigenvalue weighted by Crippen LogP contribution is -2.39. The summed E-state index contributed by atoms with van der Waals surface area (Å²) in [5.74, 6) is 2.06. The first-order valence-corrected chi connectivity index (χ1v) is 8.45. The van der Waals surface area contributed by atoms with E-state index in [0.29, 0.717) is 5.92 Å². The number of nitrogens with one attached hydrogen (secondary N) is 1. The number of aryl methyl sites for hydroxylation is 1. The SMILES string of the molecule is C[C@@H](NS(=O)(=O)c1cnn(C)c1)[C@@H]1C[C@H]2CC[C@H]1C2. The Hall–Kier alpha value is -0.880. The van der Waals surface area contributed by atoms with Gasteiger partial charge >= 0.3 is 0 Å². The van der Waals surface area contributed by atoms with Crippen LogP contribution in [0.5, 0.6) is 0 Å². The first-order chi connectivity index (χ1) is 8.95. The molecule has 0 amide bonds. The summed E-state index contributed by atoms with van der Waals surface area (Å²) < 4.78 is 28.9. The maximum absolute atomic E-state index is 12.3. The molecule has 0 aliphatic heterocycles. The van der Waals surface area contributed by atoms with Gasteiger partial charge in [0.1, 0.15) is 4.90 Å². The third kappa shape index (κ3) is 2.43. The smallest absolute Gasteiger partial charge is 0.243 e. The molecule has 0 radical (unpaired) electrons. The Kier molecular flexibility index (Phi) is 3.17. The molecular formula is C13H21N3O2S. The predicted octanol–water partition coefficient (Wildman–Crippen LogP) is 1.52. The molecule has 0 aromatic carbocycles. The lowest BCUT2D eigenvalue weighted by molar-refractivity contribution is 0.280. The van der Waals surface area contributed by atoms with Gasteiger partial charge in [-0.1, -0.05) is 6.42 Å². The van der Waals surface area contributed by atoms with Gasteiger partial charge in [0, 0.05) is 19.3 Å². The summed E-state index contributed by atoms with van der Waals surface area (Å²) in [7, 11) is -1.71. The molecule has 0 spiro atoms. The van der Waals surface area contributed by atoms with Crippen LogP contribution in [0.25, 0.3) is 0 Å². The van der Waals surface area contributed by atoms with Crippen molar-refractivity contribution in [3.8, 4) is 0 Å². The Labute approximate surface area is 114 Å². The van der Waals surface area contributed by atoms with Crippen LogP contribution in [0.2, 0.25) is 0 Å². The van der Waals surface area contributed by atoms with Crippen LogP contribution in [0.3, 0.4) is 0 Å². The third-order valence-electron chi connectivity index (χ3n) is 4.77. The highest BCUT2D eigenvalue weighted by molar-refractivity contribution is 7.89. The number of sulfonamides is 1. The first-order valence-electron chi connectivity index (χ1n) is 6.96. The molecule has 2 saturated carbocycles. The van der Waals surface area contributed by atoms with Crippen molar-refractivity contribution >= 4 is 10.0 Å². The number of hydrogen-bond acceptors (Lipinski definition) is 3. The number of fused-ring (bicyclic) bond motifs is 2. The maximum Gasteiger partial charge on any atom is 0.243 e. The second-order valence-corrected chi connectivity index (χ2v) is 7.81. The van der Waals surface area contributed by atoms with E-state index in [1.54, 1.807) is 7.05 Å². The van der Waals surface area contributed by atoms with Crippen LogP contribution in [0.1, 0.15) is 32.6 Å². The minimum absolute atomic E-state index is 0.0144. The van der Waals surface area contributed by atoms with E-state index in [4.69, 9.17) is 0 Å².